The topological polar surface area (TPSA) is 62.1 Å². The SMILES string of the molecule is C#CCCNC(=O)COc1ccccc1C#N. The van der Waals surface area contributed by atoms with E-state index in [4.69, 9.17) is 16.4 Å². The highest BCUT2D eigenvalue weighted by Crippen LogP contribution is 2.15. The first-order valence-corrected chi connectivity index (χ1v) is 5.10. The van der Waals surface area contributed by atoms with E-state index in [9.17, 15) is 4.79 Å². The molecule has 0 aliphatic heterocycles. The number of benzene rings is 1. The van der Waals surface area contributed by atoms with Gasteiger partial charge in [-0.05, 0) is 12.1 Å². The van der Waals surface area contributed by atoms with Gasteiger partial charge in [0.25, 0.3) is 5.91 Å². The van der Waals surface area contributed by atoms with Crippen LogP contribution in [0.3, 0.4) is 0 Å². The van der Waals surface area contributed by atoms with Crippen molar-refractivity contribution < 1.29 is 9.53 Å². The summed E-state index contributed by atoms with van der Waals surface area (Å²) in [4.78, 5) is 11.3. The van der Waals surface area contributed by atoms with E-state index in [-0.39, 0.29) is 12.5 Å². The number of rotatable bonds is 5. The monoisotopic (exact) mass is 228 g/mol. The molecule has 0 aromatic heterocycles. The minimum absolute atomic E-state index is 0.122. The van der Waals surface area contributed by atoms with E-state index in [2.05, 4.69) is 11.2 Å². The molecule has 0 heterocycles. The van der Waals surface area contributed by atoms with E-state index in [1.165, 1.54) is 0 Å². The summed E-state index contributed by atoms with van der Waals surface area (Å²) in [6.45, 7) is 0.307. The Bertz CT molecular complexity index is 469. The van der Waals surface area contributed by atoms with Crippen molar-refractivity contribution in [1.82, 2.24) is 5.32 Å². The van der Waals surface area contributed by atoms with Crippen LogP contribution in [-0.4, -0.2) is 19.1 Å². The number of para-hydroxylation sites is 1. The molecule has 1 N–H and O–H groups in total. The fourth-order valence-corrected chi connectivity index (χ4v) is 1.15. The number of carbonyl (C=O) groups excluding carboxylic acids is 1. The molecule has 0 saturated carbocycles. The highest BCUT2D eigenvalue weighted by molar-refractivity contribution is 5.77. The van der Waals surface area contributed by atoms with Gasteiger partial charge in [0, 0.05) is 13.0 Å². The molecule has 4 heteroatoms. The van der Waals surface area contributed by atoms with E-state index < -0.39 is 0 Å². The van der Waals surface area contributed by atoms with Crippen molar-refractivity contribution in [1.29, 1.82) is 5.26 Å². The standard InChI is InChI=1S/C13H12N2O2/c1-2-3-8-15-13(16)10-17-12-7-5-4-6-11(12)9-14/h1,4-7H,3,8,10H2,(H,15,16). The number of nitrogens with one attached hydrogen (secondary N) is 1. The lowest BCUT2D eigenvalue weighted by Gasteiger charge is -2.07. The predicted molar refractivity (Wildman–Crippen MR) is 63.1 cm³/mol. The second-order valence-corrected chi connectivity index (χ2v) is 3.20. The molecule has 0 fully saturated rings. The zero-order valence-electron chi connectivity index (χ0n) is 9.27. The number of ether oxygens (including phenoxy) is 1. The molecule has 1 amide bonds. The molecule has 0 aliphatic carbocycles. The van der Waals surface area contributed by atoms with Crippen molar-refractivity contribution in [2.45, 2.75) is 6.42 Å². The van der Waals surface area contributed by atoms with Crippen molar-refractivity contribution >= 4 is 5.91 Å². The van der Waals surface area contributed by atoms with Gasteiger partial charge >= 0.3 is 0 Å². The number of terminal acetylenes is 1. The molecule has 0 unspecified atom stereocenters. The summed E-state index contributed by atoms with van der Waals surface area (Å²) in [6.07, 6.45) is 5.54. The van der Waals surface area contributed by atoms with Gasteiger partial charge in [-0.25, -0.2) is 0 Å². The van der Waals surface area contributed by atoms with Crippen molar-refractivity contribution in [2.24, 2.45) is 0 Å². The second kappa shape index (κ2) is 6.92. The van der Waals surface area contributed by atoms with Gasteiger partial charge in [-0.15, -0.1) is 12.3 Å². The fourth-order valence-electron chi connectivity index (χ4n) is 1.15. The van der Waals surface area contributed by atoms with Crippen LogP contribution in [0, 0.1) is 23.7 Å². The first kappa shape index (κ1) is 12.6. The van der Waals surface area contributed by atoms with Crippen LogP contribution in [0.25, 0.3) is 0 Å². The van der Waals surface area contributed by atoms with Crippen LogP contribution < -0.4 is 10.1 Å². The summed E-state index contributed by atoms with van der Waals surface area (Å²) in [6, 6.07) is 8.74. The number of hydrogen-bond donors (Lipinski definition) is 1. The Morgan fingerprint density at radius 1 is 1.47 bits per heavy atom. The van der Waals surface area contributed by atoms with E-state index in [1.807, 2.05) is 6.07 Å². The van der Waals surface area contributed by atoms with Gasteiger partial charge in [0.1, 0.15) is 11.8 Å². The van der Waals surface area contributed by atoms with Gasteiger partial charge in [-0.1, -0.05) is 12.1 Å². The van der Waals surface area contributed by atoms with Gasteiger partial charge < -0.3 is 10.1 Å². The smallest absolute Gasteiger partial charge is 0.257 e. The molecule has 0 radical (unpaired) electrons. The average Bonchev–Trinajstić information content (AvgIpc) is 2.37. The van der Waals surface area contributed by atoms with Gasteiger partial charge in [0.2, 0.25) is 0 Å². The van der Waals surface area contributed by atoms with Gasteiger partial charge in [-0.3, -0.25) is 4.79 Å². The first-order chi connectivity index (χ1) is 8.27. The average molecular weight is 228 g/mol. The highest BCUT2D eigenvalue weighted by Gasteiger charge is 2.05. The molecule has 0 atom stereocenters. The zero-order chi connectivity index (χ0) is 12.5. The molecule has 0 aliphatic rings. The molecule has 1 aromatic rings. The van der Waals surface area contributed by atoms with Crippen LogP contribution in [0.1, 0.15) is 12.0 Å². The Hall–Kier alpha value is -2.46. The van der Waals surface area contributed by atoms with Crippen molar-refractivity contribution in [3.8, 4) is 24.2 Å². The molecule has 0 saturated heterocycles. The second-order valence-electron chi connectivity index (χ2n) is 3.20. The Balaban J connectivity index is 2.43. The third-order valence-corrected chi connectivity index (χ3v) is 1.96. The lowest BCUT2D eigenvalue weighted by atomic mass is 10.2. The molecule has 17 heavy (non-hydrogen) atoms. The Morgan fingerprint density at radius 3 is 2.94 bits per heavy atom. The molecular formula is C13H12N2O2. The maximum Gasteiger partial charge on any atom is 0.257 e. The summed E-state index contributed by atoms with van der Waals surface area (Å²) < 4.78 is 5.23. The molecule has 1 aromatic carbocycles. The molecule has 4 nitrogen and oxygen atoms in total. The van der Waals surface area contributed by atoms with Crippen LogP contribution in [0.5, 0.6) is 5.75 Å². The number of nitriles is 1. The summed E-state index contributed by atoms with van der Waals surface area (Å²) in [5.74, 6) is 2.56. The van der Waals surface area contributed by atoms with Crippen molar-refractivity contribution in [3.05, 3.63) is 29.8 Å². The fraction of sp³-hybridized carbons (Fsp3) is 0.231. The number of hydrogen-bond acceptors (Lipinski definition) is 3. The minimum Gasteiger partial charge on any atom is -0.482 e. The lowest BCUT2D eigenvalue weighted by Crippen LogP contribution is -2.29. The van der Waals surface area contributed by atoms with Crippen LogP contribution in [0.2, 0.25) is 0 Å². The minimum atomic E-state index is -0.256. The number of amides is 1. The lowest BCUT2D eigenvalue weighted by molar-refractivity contribution is -0.123. The molecule has 86 valence electrons. The molecule has 0 bridgehead atoms. The van der Waals surface area contributed by atoms with Gasteiger partial charge in [-0.2, -0.15) is 5.26 Å². The van der Waals surface area contributed by atoms with E-state index >= 15 is 0 Å². The zero-order valence-corrected chi connectivity index (χ0v) is 9.27. The first-order valence-electron chi connectivity index (χ1n) is 5.10. The van der Waals surface area contributed by atoms with Crippen LogP contribution in [-0.2, 0) is 4.79 Å². The molecular weight excluding hydrogens is 216 g/mol. The van der Waals surface area contributed by atoms with Crippen LogP contribution in [0.15, 0.2) is 24.3 Å². The maximum absolute atomic E-state index is 11.3. The summed E-state index contributed by atoms with van der Waals surface area (Å²) in [5, 5.41) is 11.4. The Morgan fingerprint density at radius 2 is 2.24 bits per heavy atom. The normalized spacial score (nSPS) is 8.82. The summed E-state index contributed by atoms with van der Waals surface area (Å²) in [5.41, 5.74) is 0.406. The number of nitrogens with zero attached hydrogens (tertiary/aromatic N) is 1. The highest BCUT2D eigenvalue weighted by atomic mass is 16.5. The molecule has 1 rings (SSSR count). The predicted octanol–water partition coefficient (Wildman–Crippen LogP) is 1.08. The van der Waals surface area contributed by atoms with Gasteiger partial charge in [0.05, 0.1) is 5.56 Å². The summed E-state index contributed by atoms with van der Waals surface area (Å²) in [7, 11) is 0. The third-order valence-electron chi connectivity index (χ3n) is 1.96. The van der Waals surface area contributed by atoms with Crippen LogP contribution >= 0.6 is 0 Å². The van der Waals surface area contributed by atoms with Crippen LogP contribution in [0.4, 0.5) is 0 Å². The van der Waals surface area contributed by atoms with Gasteiger partial charge in [0.15, 0.2) is 6.61 Å². The van der Waals surface area contributed by atoms with E-state index in [0.717, 1.165) is 0 Å². The van der Waals surface area contributed by atoms with E-state index in [1.54, 1.807) is 24.3 Å². The van der Waals surface area contributed by atoms with Crippen molar-refractivity contribution in [3.63, 3.8) is 0 Å². The Kier molecular flexibility index (Phi) is 5.13. The maximum atomic E-state index is 11.3. The summed E-state index contributed by atoms with van der Waals surface area (Å²) >= 11 is 0. The third kappa shape index (κ3) is 4.27. The van der Waals surface area contributed by atoms with Crippen molar-refractivity contribution in [2.75, 3.05) is 13.2 Å². The van der Waals surface area contributed by atoms with E-state index in [0.29, 0.717) is 24.3 Å². The number of carbonyl (C=O) groups is 1. The Labute approximate surface area is 100 Å². The quantitative estimate of drug-likeness (QED) is 0.606. The largest absolute Gasteiger partial charge is 0.482 e. The molecule has 0 spiro atoms.